The lowest BCUT2D eigenvalue weighted by molar-refractivity contribution is 0.456. The Hall–Kier alpha value is -2.21. The lowest BCUT2D eigenvalue weighted by Gasteiger charge is -2.07. The summed E-state index contributed by atoms with van der Waals surface area (Å²) in [5.41, 5.74) is 1.10. The Bertz CT molecular complexity index is 861. The molecule has 2 aromatic heterocycles. The fourth-order valence-corrected chi connectivity index (χ4v) is 2.36. The van der Waals surface area contributed by atoms with E-state index in [1.54, 1.807) is 12.3 Å². The average molecular weight is 347 g/mol. The second kappa shape index (κ2) is 5.65. The summed E-state index contributed by atoms with van der Waals surface area (Å²) in [7, 11) is 0. The lowest BCUT2D eigenvalue weighted by Crippen LogP contribution is -2.00. The summed E-state index contributed by atoms with van der Waals surface area (Å²) in [4.78, 5) is 19.5. The molecule has 0 atom stereocenters. The van der Waals surface area contributed by atoms with Crippen molar-refractivity contribution >= 4 is 26.9 Å². The molecule has 0 radical (unpaired) electrons. The van der Waals surface area contributed by atoms with Crippen LogP contribution in [0.4, 0.5) is 0 Å². The van der Waals surface area contributed by atoms with Crippen molar-refractivity contribution in [2.75, 3.05) is 0 Å². The Kier molecular flexibility index (Phi) is 3.70. The molecular formula is C15H11BrN2O3. The molecule has 21 heavy (non-hydrogen) atoms. The predicted molar refractivity (Wildman–Crippen MR) is 81.7 cm³/mol. The summed E-state index contributed by atoms with van der Waals surface area (Å²) in [6.45, 7) is 2.00. The van der Waals surface area contributed by atoms with Crippen molar-refractivity contribution in [2.24, 2.45) is 0 Å². The monoisotopic (exact) mass is 346 g/mol. The van der Waals surface area contributed by atoms with Crippen molar-refractivity contribution in [3.05, 3.63) is 57.2 Å². The van der Waals surface area contributed by atoms with E-state index in [-0.39, 0.29) is 5.63 Å². The maximum absolute atomic E-state index is 11.6. The van der Waals surface area contributed by atoms with E-state index in [9.17, 15) is 4.79 Å². The third-order valence-corrected chi connectivity index (χ3v) is 3.57. The molecule has 0 aliphatic carbocycles. The SMILES string of the molecule is CCc1cc(=O)oc2cc(Oc3ncncc3Br)ccc12. The highest BCUT2D eigenvalue weighted by Gasteiger charge is 2.08. The molecule has 0 N–H and O–H groups in total. The predicted octanol–water partition coefficient (Wildman–Crippen LogP) is 3.70. The van der Waals surface area contributed by atoms with Crippen LogP contribution in [0.3, 0.4) is 0 Å². The summed E-state index contributed by atoms with van der Waals surface area (Å²) in [6, 6.07) is 6.89. The van der Waals surface area contributed by atoms with Gasteiger partial charge in [-0.25, -0.2) is 14.8 Å². The lowest BCUT2D eigenvalue weighted by atomic mass is 10.1. The van der Waals surface area contributed by atoms with Crippen molar-refractivity contribution in [3.63, 3.8) is 0 Å². The molecule has 0 aliphatic rings. The highest BCUT2D eigenvalue weighted by atomic mass is 79.9. The molecule has 2 heterocycles. The Morgan fingerprint density at radius 1 is 1.33 bits per heavy atom. The summed E-state index contributed by atoms with van der Waals surface area (Å²) in [5, 5.41) is 0.909. The molecule has 0 unspecified atom stereocenters. The first-order valence-corrected chi connectivity index (χ1v) is 7.17. The average Bonchev–Trinajstić information content (AvgIpc) is 2.48. The van der Waals surface area contributed by atoms with Gasteiger partial charge in [-0.15, -0.1) is 0 Å². The van der Waals surface area contributed by atoms with E-state index in [0.29, 0.717) is 21.7 Å². The highest BCUT2D eigenvalue weighted by Crippen LogP contribution is 2.29. The zero-order valence-corrected chi connectivity index (χ0v) is 12.8. The van der Waals surface area contributed by atoms with E-state index in [4.69, 9.17) is 9.15 Å². The Morgan fingerprint density at radius 2 is 2.19 bits per heavy atom. The minimum absolute atomic E-state index is 0.361. The van der Waals surface area contributed by atoms with Crippen molar-refractivity contribution < 1.29 is 9.15 Å². The molecule has 3 rings (SSSR count). The van der Waals surface area contributed by atoms with Gasteiger partial charge in [-0.1, -0.05) is 6.92 Å². The zero-order chi connectivity index (χ0) is 14.8. The van der Waals surface area contributed by atoms with Crippen molar-refractivity contribution in [3.8, 4) is 11.6 Å². The van der Waals surface area contributed by atoms with Crippen LogP contribution < -0.4 is 10.4 Å². The van der Waals surface area contributed by atoms with Crippen LogP contribution in [0.25, 0.3) is 11.0 Å². The molecule has 6 heteroatoms. The molecule has 0 saturated heterocycles. The quantitative estimate of drug-likeness (QED) is 0.676. The molecule has 1 aromatic carbocycles. The zero-order valence-electron chi connectivity index (χ0n) is 11.2. The molecule has 3 aromatic rings. The summed E-state index contributed by atoms with van der Waals surface area (Å²) in [5.74, 6) is 0.941. The second-order valence-corrected chi connectivity index (χ2v) is 5.23. The maximum Gasteiger partial charge on any atom is 0.336 e. The smallest absolute Gasteiger partial charge is 0.336 e. The van der Waals surface area contributed by atoms with Crippen LogP contribution in [-0.2, 0) is 6.42 Å². The van der Waals surface area contributed by atoms with Gasteiger partial charge in [0.25, 0.3) is 0 Å². The minimum atomic E-state index is -0.361. The Balaban J connectivity index is 2.06. The highest BCUT2D eigenvalue weighted by molar-refractivity contribution is 9.10. The number of benzene rings is 1. The second-order valence-electron chi connectivity index (χ2n) is 4.38. The van der Waals surface area contributed by atoms with Crippen LogP contribution >= 0.6 is 15.9 Å². The fourth-order valence-electron chi connectivity index (χ4n) is 2.05. The molecule has 0 spiro atoms. The van der Waals surface area contributed by atoms with E-state index in [2.05, 4.69) is 25.9 Å². The first kappa shape index (κ1) is 13.8. The number of rotatable bonds is 3. The van der Waals surface area contributed by atoms with Gasteiger partial charge in [-0.05, 0) is 40.0 Å². The summed E-state index contributed by atoms with van der Waals surface area (Å²) in [6.07, 6.45) is 3.76. The Morgan fingerprint density at radius 3 is 2.95 bits per heavy atom. The van der Waals surface area contributed by atoms with Crippen LogP contribution in [0.15, 0.2) is 50.5 Å². The largest absolute Gasteiger partial charge is 0.438 e. The van der Waals surface area contributed by atoms with Gasteiger partial charge in [0.15, 0.2) is 0 Å². The molecular weight excluding hydrogens is 336 g/mol. The molecule has 0 saturated carbocycles. The van der Waals surface area contributed by atoms with Crippen LogP contribution in [0.1, 0.15) is 12.5 Å². The van der Waals surface area contributed by atoms with Gasteiger partial charge in [0.05, 0.1) is 4.47 Å². The van der Waals surface area contributed by atoms with E-state index >= 15 is 0 Å². The molecule has 0 bridgehead atoms. The minimum Gasteiger partial charge on any atom is -0.438 e. The number of aromatic nitrogens is 2. The van der Waals surface area contributed by atoms with Gasteiger partial charge in [0, 0.05) is 23.7 Å². The van der Waals surface area contributed by atoms with Gasteiger partial charge in [0.1, 0.15) is 17.7 Å². The van der Waals surface area contributed by atoms with E-state index < -0.39 is 0 Å². The van der Waals surface area contributed by atoms with Crippen molar-refractivity contribution in [1.29, 1.82) is 0 Å². The topological polar surface area (TPSA) is 65.2 Å². The van der Waals surface area contributed by atoms with Crippen LogP contribution in [0.2, 0.25) is 0 Å². The van der Waals surface area contributed by atoms with E-state index in [1.807, 2.05) is 19.1 Å². The maximum atomic E-state index is 11.6. The standard InChI is InChI=1S/C15H11BrN2O3/c1-2-9-5-14(19)21-13-6-10(3-4-11(9)13)20-15-12(16)7-17-8-18-15/h3-8H,2H2,1H3. The fraction of sp³-hybridized carbons (Fsp3) is 0.133. The molecule has 0 amide bonds. The number of nitrogens with zero attached hydrogens (tertiary/aromatic N) is 2. The Labute approximate surface area is 128 Å². The first-order chi connectivity index (χ1) is 10.2. The van der Waals surface area contributed by atoms with E-state index in [1.165, 1.54) is 12.4 Å². The summed E-state index contributed by atoms with van der Waals surface area (Å²) < 4.78 is 11.6. The van der Waals surface area contributed by atoms with Gasteiger partial charge < -0.3 is 9.15 Å². The summed E-state index contributed by atoms with van der Waals surface area (Å²) >= 11 is 3.31. The number of ether oxygens (including phenoxy) is 1. The van der Waals surface area contributed by atoms with Crippen molar-refractivity contribution in [1.82, 2.24) is 9.97 Å². The molecule has 0 fully saturated rings. The van der Waals surface area contributed by atoms with Gasteiger partial charge in [-0.2, -0.15) is 0 Å². The normalized spacial score (nSPS) is 10.8. The van der Waals surface area contributed by atoms with Gasteiger partial charge in [-0.3, -0.25) is 0 Å². The van der Waals surface area contributed by atoms with Gasteiger partial charge in [0.2, 0.25) is 5.88 Å². The molecule has 106 valence electrons. The first-order valence-electron chi connectivity index (χ1n) is 6.37. The number of hydrogen-bond acceptors (Lipinski definition) is 5. The van der Waals surface area contributed by atoms with Crippen LogP contribution in [-0.4, -0.2) is 9.97 Å². The number of hydrogen-bond donors (Lipinski definition) is 0. The number of aryl methyl sites for hydroxylation is 1. The molecule has 5 nitrogen and oxygen atoms in total. The number of halogens is 1. The molecule has 0 aliphatic heterocycles. The van der Waals surface area contributed by atoms with Crippen LogP contribution in [0.5, 0.6) is 11.6 Å². The third-order valence-electron chi connectivity index (χ3n) is 3.03. The van der Waals surface area contributed by atoms with Crippen molar-refractivity contribution in [2.45, 2.75) is 13.3 Å². The number of fused-ring (bicyclic) bond motifs is 1. The third kappa shape index (κ3) is 2.80. The van der Waals surface area contributed by atoms with E-state index in [0.717, 1.165) is 17.4 Å². The van der Waals surface area contributed by atoms with Crippen LogP contribution in [0, 0.1) is 0 Å². The van der Waals surface area contributed by atoms with Gasteiger partial charge >= 0.3 is 5.63 Å².